The van der Waals surface area contributed by atoms with Crippen LogP contribution < -0.4 is 14.8 Å². The highest BCUT2D eigenvalue weighted by molar-refractivity contribution is 5.42. The summed E-state index contributed by atoms with van der Waals surface area (Å²) >= 11 is 0. The number of methoxy groups -OCH3 is 2. The fourth-order valence-corrected chi connectivity index (χ4v) is 3.53. The zero-order chi connectivity index (χ0) is 17.7. The van der Waals surface area contributed by atoms with Crippen LogP contribution in [0.15, 0.2) is 18.2 Å². The monoisotopic (exact) mass is 336 g/mol. The Kier molecular flexibility index (Phi) is 6.49. The van der Waals surface area contributed by atoms with Crippen LogP contribution in [0.3, 0.4) is 0 Å². The van der Waals surface area contributed by atoms with E-state index in [-0.39, 0.29) is 0 Å². The molecule has 1 saturated heterocycles. The maximum Gasteiger partial charge on any atom is 0.161 e. The molecule has 24 heavy (non-hydrogen) atoms. The van der Waals surface area contributed by atoms with E-state index < -0.39 is 5.60 Å². The number of rotatable bonds is 7. The van der Waals surface area contributed by atoms with Crippen molar-refractivity contribution >= 4 is 0 Å². The molecular formula is C19H32N2O3. The van der Waals surface area contributed by atoms with Gasteiger partial charge in [0.05, 0.1) is 19.8 Å². The molecule has 136 valence electrons. The fourth-order valence-electron chi connectivity index (χ4n) is 3.53. The number of benzene rings is 1. The quantitative estimate of drug-likeness (QED) is 0.748. The van der Waals surface area contributed by atoms with Gasteiger partial charge in [-0.1, -0.05) is 13.0 Å². The SMILES string of the molecule is COc1ccc(CNCC[C@@]2(O)C[C@@H](C)N(C)C[C@@H]2C)cc1OC. The lowest BCUT2D eigenvalue weighted by Gasteiger charge is -2.46. The van der Waals surface area contributed by atoms with Crippen molar-refractivity contribution in [3.8, 4) is 11.5 Å². The third kappa shape index (κ3) is 4.41. The van der Waals surface area contributed by atoms with E-state index in [4.69, 9.17) is 9.47 Å². The van der Waals surface area contributed by atoms with Crippen molar-refractivity contribution in [1.82, 2.24) is 10.2 Å². The molecule has 0 aromatic heterocycles. The number of likely N-dealkylation sites (tertiary alicyclic amines) is 1. The molecule has 1 aromatic carbocycles. The number of aliphatic hydroxyl groups is 1. The highest BCUT2D eigenvalue weighted by atomic mass is 16.5. The maximum absolute atomic E-state index is 11.0. The lowest BCUT2D eigenvalue weighted by molar-refractivity contribution is -0.0831. The number of nitrogens with zero attached hydrogens (tertiary/aromatic N) is 1. The van der Waals surface area contributed by atoms with Crippen LogP contribution in [0.25, 0.3) is 0 Å². The number of hydrogen-bond donors (Lipinski definition) is 2. The Morgan fingerprint density at radius 1 is 1.25 bits per heavy atom. The first-order chi connectivity index (χ1) is 11.4. The van der Waals surface area contributed by atoms with Gasteiger partial charge in [0.25, 0.3) is 0 Å². The van der Waals surface area contributed by atoms with E-state index in [1.807, 2.05) is 18.2 Å². The molecule has 1 fully saturated rings. The van der Waals surface area contributed by atoms with Crippen molar-refractivity contribution in [3.63, 3.8) is 0 Å². The molecule has 0 amide bonds. The van der Waals surface area contributed by atoms with Gasteiger partial charge in [0.15, 0.2) is 11.5 Å². The maximum atomic E-state index is 11.0. The van der Waals surface area contributed by atoms with E-state index in [9.17, 15) is 5.11 Å². The van der Waals surface area contributed by atoms with Gasteiger partial charge < -0.3 is 24.8 Å². The zero-order valence-corrected chi connectivity index (χ0v) is 15.6. The number of ether oxygens (including phenoxy) is 2. The molecule has 1 aromatic rings. The molecule has 0 spiro atoms. The second-order valence-corrected chi connectivity index (χ2v) is 7.11. The Morgan fingerprint density at radius 2 is 1.96 bits per heavy atom. The first-order valence-corrected chi connectivity index (χ1v) is 8.74. The largest absolute Gasteiger partial charge is 0.493 e. The molecule has 2 rings (SSSR count). The van der Waals surface area contributed by atoms with Crippen LogP contribution in [0.5, 0.6) is 11.5 Å². The molecule has 2 N–H and O–H groups in total. The molecule has 3 atom stereocenters. The van der Waals surface area contributed by atoms with E-state index in [0.717, 1.165) is 49.5 Å². The van der Waals surface area contributed by atoms with Gasteiger partial charge in [-0.2, -0.15) is 0 Å². The summed E-state index contributed by atoms with van der Waals surface area (Å²) in [6, 6.07) is 6.37. The molecule has 0 bridgehead atoms. The highest BCUT2D eigenvalue weighted by Crippen LogP contribution is 2.33. The summed E-state index contributed by atoms with van der Waals surface area (Å²) < 4.78 is 10.6. The summed E-state index contributed by atoms with van der Waals surface area (Å²) in [6.07, 6.45) is 1.61. The fraction of sp³-hybridized carbons (Fsp3) is 0.684. The molecule has 5 nitrogen and oxygen atoms in total. The van der Waals surface area contributed by atoms with Crippen molar-refractivity contribution in [1.29, 1.82) is 0 Å². The zero-order valence-electron chi connectivity index (χ0n) is 15.6. The van der Waals surface area contributed by atoms with Crippen LogP contribution in [0.4, 0.5) is 0 Å². The van der Waals surface area contributed by atoms with Gasteiger partial charge in [0.2, 0.25) is 0 Å². The smallest absolute Gasteiger partial charge is 0.161 e. The Bertz CT molecular complexity index is 537. The van der Waals surface area contributed by atoms with Crippen LogP contribution in [0.2, 0.25) is 0 Å². The second kappa shape index (κ2) is 8.19. The summed E-state index contributed by atoms with van der Waals surface area (Å²) in [5.74, 6) is 1.78. The van der Waals surface area contributed by atoms with E-state index >= 15 is 0 Å². The van der Waals surface area contributed by atoms with Crippen molar-refractivity contribution < 1.29 is 14.6 Å². The van der Waals surface area contributed by atoms with Gasteiger partial charge in [0.1, 0.15) is 0 Å². The highest BCUT2D eigenvalue weighted by Gasteiger charge is 2.40. The Morgan fingerprint density at radius 3 is 2.62 bits per heavy atom. The predicted molar refractivity (Wildman–Crippen MR) is 96.7 cm³/mol. The second-order valence-electron chi connectivity index (χ2n) is 7.11. The van der Waals surface area contributed by atoms with Crippen molar-refractivity contribution in [2.75, 3.05) is 34.4 Å². The molecule has 0 unspecified atom stereocenters. The average Bonchev–Trinajstić information content (AvgIpc) is 2.57. The van der Waals surface area contributed by atoms with Crippen LogP contribution in [0.1, 0.15) is 32.3 Å². The molecule has 0 aliphatic carbocycles. The summed E-state index contributed by atoms with van der Waals surface area (Å²) in [6.45, 7) is 6.84. The molecular weight excluding hydrogens is 304 g/mol. The minimum Gasteiger partial charge on any atom is -0.493 e. The average molecular weight is 336 g/mol. The van der Waals surface area contributed by atoms with Crippen LogP contribution in [-0.2, 0) is 6.54 Å². The molecule has 1 heterocycles. The molecule has 1 aliphatic heterocycles. The summed E-state index contributed by atoms with van der Waals surface area (Å²) in [5, 5.41) is 14.4. The van der Waals surface area contributed by atoms with Gasteiger partial charge in [-0.05, 0) is 57.0 Å². The Balaban J connectivity index is 1.84. The minimum atomic E-state index is -0.573. The van der Waals surface area contributed by atoms with Gasteiger partial charge in [-0.15, -0.1) is 0 Å². The number of nitrogens with one attached hydrogen (secondary N) is 1. The van der Waals surface area contributed by atoms with Gasteiger partial charge in [-0.25, -0.2) is 0 Å². The Labute approximate surface area is 146 Å². The molecule has 0 saturated carbocycles. The van der Waals surface area contributed by atoms with E-state index in [1.54, 1.807) is 14.2 Å². The minimum absolute atomic E-state index is 0.293. The first kappa shape index (κ1) is 19.0. The molecule has 0 radical (unpaired) electrons. The Hall–Kier alpha value is -1.30. The van der Waals surface area contributed by atoms with Crippen LogP contribution in [0, 0.1) is 5.92 Å². The third-order valence-electron chi connectivity index (χ3n) is 5.39. The summed E-state index contributed by atoms with van der Waals surface area (Å²) in [4.78, 5) is 2.33. The lowest BCUT2D eigenvalue weighted by Crippen LogP contribution is -2.54. The van der Waals surface area contributed by atoms with E-state index in [1.165, 1.54) is 0 Å². The predicted octanol–water partition coefficient (Wildman–Crippen LogP) is 2.27. The van der Waals surface area contributed by atoms with Crippen LogP contribution >= 0.6 is 0 Å². The van der Waals surface area contributed by atoms with E-state index in [0.29, 0.717) is 12.0 Å². The number of piperidine rings is 1. The van der Waals surface area contributed by atoms with Crippen molar-refractivity contribution in [2.24, 2.45) is 5.92 Å². The van der Waals surface area contributed by atoms with Gasteiger partial charge in [-0.3, -0.25) is 0 Å². The summed E-state index contributed by atoms with van der Waals surface area (Å²) in [7, 11) is 5.42. The topological polar surface area (TPSA) is 54.0 Å². The standard InChI is InChI=1S/C19H32N2O3/c1-14-13-21(3)15(2)11-19(14,22)8-9-20-12-16-6-7-17(23-4)18(10-16)24-5/h6-7,10,14-15,20,22H,8-9,11-13H2,1-5H3/t14-,15+,19+/m0/s1. The first-order valence-electron chi connectivity index (χ1n) is 8.74. The van der Waals surface area contributed by atoms with Gasteiger partial charge >= 0.3 is 0 Å². The molecule has 1 aliphatic rings. The van der Waals surface area contributed by atoms with E-state index in [2.05, 4.69) is 31.1 Å². The van der Waals surface area contributed by atoms with Crippen molar-refractivity contribution in [2.45, 2.75) is 44.9 Å². The van der Waals surface area contributed by atoms with Gasteiger partial charge in [0, 0.05) is 19.1 Å². The van der Waals surface area contributed by atoms with Crippen molar-refractivity contribution in [3.05, 3.63) is 23.8 Å². The number of hydrogen-bond acceptors (Lipinski definition) is 5. The lowest BCUT2D eigenvalue weighted by atomic mass is 9.77. The van der Waals surface area contributed by atoms with Crippen LogP contribution in [-0.4, -0.2) is 56.0 Å². The third-order valence-corrected chi connectivity index (χ3v) is 5.39. The normalized spacial score (nSPS) is 27.9. The molecule has 5 heteroatoms. The summed E-state index contributed by atoms with van der Waals surface area (Å²) in [5.41, 5.74) is 0.570.